The van der Waals surface area contributed by atoms with Crippen LogP contribution in [0.5, 0.6) is 0 Å². The number of nitrogens with two attached hydrogens (primary N) is 6. The Hall–Kier alpha value is -9.12. The zero-order chi connectivity index (χ0) is 93.1. The Kier molecular flexibility index (Phi) is 28.3. The average molecular weight is 1940 g/mol. The number of aliphatic hydroxyl groups is 2. The van der Waals surface area contributed by atoms with Crippen molar-refractivity contribution in [3.63, 3.8) is 0 Å². The van der Waals surface area contributed by atoms with Crippen LogP contribution in [-0.2, 0) is 125 Å². The summed E-state index contributed by atoms with van der Waals surface area (Å²) in [5.41, 5.74) is 31.1. The van der Waals surface area contributed by atoms with Gasteiger partial charge in [0, 0.05) is 61.2 Å². The molecule has 0 aromatic carbocycles. The number of hydrogen-bond acceptors (Lipinski definition) is 50. The van der Waals surface area contributed by atoms with Crippen LogP contribution in [0.2, 0.25) is 0 Å². The van der Waals surface area contributed by atoms with E-state index in [0.29, 0.717) is 0 Å². The van der Waals surface area contributed by atoms with Gasteiger partial charge in [0.25, 0.3) is 5.56 Å². The van der Waals surface area contributed by atoms with Crippen LogP contribution >= 0.6 is 39.1 Å². The second-order valence-corrected chi connectivity index (χ2v) is 36.0. The van der Waals surface area contributed by atoms with E-state index in [0.717, 1.165) is 97.6 Å². The fraction of sp³-hybridized carbons (Fsp3) is 0.571. The molecule has 0 radical (unpaired) electrons. The number of H-pyrrole nitrogens is 1. The van der Waals surface area contributed by atoms with Crippen molar-refractivity contribution < 1.29 is 160 Å². The Balaban J connectivity index is 0.674. The third-order valence-corrected chi connectivity index (χ3v) is 26.2. The molecule has 130 heavy (non-hydrogen) atoms. The number of imidazole rings is 3. The summed E-state index contributed by atoms with van der Waals surface area (Å²) in [5, 5.41) is 21.8. The van der Waals surface area contributed by atoms with Crippen molar-refractivity contribution in [2.75, 3.05) is 117 Å². The van der Waals surface area contributed by atoms with Crippen LogP contribution in [0.4, 0.5) is 35.0 Å². The number of aromatic nitrogens is 18. The number of nitrogens with zero attached hydrogens (tertiary/aromatic N) is 17. The first-order valence-electron chi connectivity index (χ1n) is 38.1. The Morgan fingerprint density at radius 2 is 0.638 bits per heavy atom. The van der Waals surface area contributed by atoms with Gasteiger partial charge in [-0.25, -0.2) is 72.1 Å². The van der Waals surface area contributed by atoms with Crippen molar-refractivity contribution in [1.29, 1.82) is 0 Å². The third kappa shape index (κ3) is 19.7. The molecule has 6 aliphatic rings. The van der Waals surface area contributed by atoms with Crippen molar-refractivity contribution in [1.82, 2.24) is 87.2 Å². The minimum absolute atomic E-state index is 0.0102. The molecule has 9 aromatic rings. The van der Waals surface area contributed by atoms with Gasteiger partial charge in [-0.15, -0.1) is 0 Å². The van der Waals surface area contributed by atoms with Crippen LogP contribution < -0.4 is 57.0 Å². The number of anilines is 6. The van der Waals surface area contributed by atoms with E-state index < -0.39 is 255 Å². The Morgan fingerprint density at radius 1 is 0.362 bits per heavy atom. The molecule has 0 saturated carbocycles. The standard InChI is InChI=1S/C63H85N24O38P5/c1-104-42-36(89)25(116-54(42)85-21-74-33-48(67)70-19-72-50(33)85)14-110-126(94,95)122-38-26(117-56(44(38)106-3)83-11-8-31(65)78-62(83)92)15-112-129(100,101)124-40-28(119-58(46(40)108-5)86-22-75-34-49(68)71-20-73-51(34)86)17-114-128(98,99)123-39-27(118-57(45(39)107-4)84-12-9-32(66)79-63(84)93)16-113-130(102,103)125-41-29(120-59(47(41)109-6)87-23-76-35-52(87)80-60(69)81-53(35)90)18-111-127(96,97)121-37-24(13-88)115-55(43(37)105-2)82-10-7-30(64)77-61(82)91/h7-12,19-29,36-47,54-59,88-89H,13-18H2,1-6H3,(H,94,95)(H,96,97)(H,98,99)(H,100,101)(H,102,103)(H2,64,77,91)(H2,65,78,92)(H2,66,79,93)(H2,67,70,72)(H2,68,71,73)(H3,69,80,81,90)/t24-,25-,26-,27-,28-,29-,36-,37-,38-,39-,40-,41-,42-,43-,44-,45-,46-,47-,54-,55-,56-,57-,58-,59-/m1/s1. The molecule has 0 aliphatic carbocycles. The fourth-order valence-corrected chi connectivity index (χ4v) is 20.2. The van der Waals surface area contributed by atoms with Gasteiger partial charge in [-0.05, 0) is 18.2 Å². The van der Waals surface area contributed by atoms with Crippen molar-refractivity contribution in [3.8, 4) is 0 Å². The summed E-state index contributed by atoms with van der Waals surface area (Å²) in [6, 6.07) is 3.55. The first-order chi connectivity index (χ1) is 61.8. The summed E-state index contributed by atoms with van der Waals surface area (Å²) in [7, 11) is -21.9. The predicted molar refractivity (Wildman–Crippen MR) is 425 cm³/mol. The van der Waals surface area contributed by atoms with Crippen LogP contribution in [0, 0.1) is 0 Å². The van der Waals surface area contributed by atoms with E-state index in [1.807, 2.05) is 0 Å². The van der Waals surface area contributed by atoms with Gasteiger partial charge in [-0.1, -0.05) is 0 Å². The van der Waals surface area contributed by atoms with Gasteiger partial charge < -0.3 is 126 Å². The first-order valence-corrected chi connectivity index (χ1v) is 45.6. The van der Waals surface area contributed by atoms with E-state index in [2.05, 4.69) is 59.8 Å². The molecule has 15 rings (SSSR count). The van der Waals surface area contributed by atoms with E-state index in [9.17, 15) is 76.7 Å². The number of nitrogen functional groups attached to an aromatic ring is 6. The molecule has 9 aromatic heterocycles. The topological polar surface area (TPSA) is 842 Å². The molecule has 29 atom stereocenters. The molecule has 6 fully saturated rings. The average Bonchev–Trinajstić information content (AvgIpc) is 1.60. The molecular formula is C63H85N24O38P5. The Morgan fingerprint density at radius 3 is 0.954 bits per heavy atom. The lowest BCUT2D eigenvalue weighted by Gasteiger charge is -2.28. The highest BCUT2D eigenvalue weighted by molar-refractivity contribution is 7.48. The van der Waals surface area contributed by atoms with E-state index in [4.69, 9.17) is 136 Å². The molecule has 0 bridgehead atoms. The summed E-state index contributed by atoms with van der Waals surface area (Å²) in [6.07, 6.45) is -31.9. The summed E-state index contributed by atoms with van der Waals surface area (Å²) in [5.74, 6) is -1.28. The van der Waals surface area contributed by atoms with Gasteiger partial charge in [0.2, 0.25) is 5.95 Å². The van der Waals surface area contributed by atoms with Gasteiger partial charge in [-0.2, -0.15) is 19.9 Å². The highest BCUT2D eigenvalue weighted by Gasteiger charge is 2.59. The monoisotopic (exact) mass is 1940 g/mol. The highest BCUT2D eigenvalue weighted by Crippen LogP contribution is 2.58. The lowest BCUT2D eigenvalue weighted by atomic mass is 10.1. The second kappa shape index (κ2) is 38.5. The fourth-order valence-electron chi connectivity index (χ4n) is 15.4. The predicted octanol–water partition coefficient (Wildman–Crippen LogP) is -4.60. The lowest BCUT2D eigenvalue weighted by Crippen LogP contribution is -2.40. The molecular weight excluding hydrogens is 1860 g/mol. The molecule has 0 amide bonds. The third-order valence-electron chi connectivity index (χ3n) is 21.3. The molecule has 6 saturated heterocycles. The number of nitrogens with one attached hydrogen (secondary N) is 1. The van der Waals surface area contributed by atoms with E-state index in [1.165, 1.54) is 40.9 Å². The smallest absolute Gasteiger partial charge is 0.394 e. The highest BCUT2D eigenvalue weighted by atomic mass is 31.2. The van der Waals surface area contributed by atoms with Crippen molar-refractivity contribution in [2.24, 2.45) is 0 Å². The molecule has 15 heterocycles. The number of phosphoric ester groups is 5. The number of methoxy groups -OCH3 is 6. The molecule has 67 heteroatoms. The molecule has 62 nitrogen and oxygen atoms in total. The lowest BCUT2D eigenvalue weighted by molar-refractivity contribution is -0.0675. The van der Waals surface area contributed by atoms with E-state index in [1.54, 1.807) is 0 Å². The number of ether oxygens (including phenoxy) is 12. The largest absolute Gasteiger partial charge is 0.472 e. The van der Waals surface area contributed by atoms with Crippen LogP contribution in [0.15, 0.2) is 87.6 Å². The molecule has 0 spiro atoms. The van der Waals surface area contributed by atoms with Gasteiger partial charge in [0.05, 0.1) is 58.6 Å². The van der Waals surface area contributed by atoms with E-state index in [-0.39, 0.29) is 62.6 Å². The van der Waals surface area contributed by atoms with Gasteiger partial charge in [0.1, 0.15) is 151 Å². The maximum atomic E-state index is 14.9. The minimum Gasteiger partial charge on any atom is -0.394 e. The summed E-state index contributed by atoms with van der Waals surface area (Å²) in [6.45, 7) is -6.68. The molecule has 5 unspecified atom stereocenters. The van der Waals surface area contributed by atoms with Crippen molar-refractivity contribution >= 4 is 108 Å². The van der Waals surface area contributed by atoms with Crippen LogP contribution in [0.25, 0.3) is 33.5 Å². The molecule has 20 N–H and O–H groups in total. The molecule has 6 aliphatic heterocycles. The van der Waals surface area contributed by atoms with Gasteiger partial charge in [0.15, 0.2) is 71.5 Å². The maximum absolute atomic E-state index is 14.9. The Labute approximate surface area is 726 Å². The zero-order valence-corrected chi connectivity index (χ0v) is 72.5. The van der Waals surface area contributed by atoms with Crippen LogP contribution in [-0.4, -0.2) is 314 Å². The van der Waals surface area contributed by atoms with Gasteiger partial charge >= 0.3 is 56.2 Å². The van der Waals surface area contributed by atoms with Gasteiger partial charge in [-0.3, -0.25) is 82.4 Å². The quantitative estimate of drug-likeness (QED) is 0.0162. The normalized spacial score (nSPS) is 31.8. The number of rotatable bonds is 38. The maximum Gasteiger partial charge on any atom is 0.472 e. The van der Waals surface area contributed by atoms with Crippen LogP contribution in [0.1, 0.15) is 37.4 Å². The van der Waals surface area contributed by atoms with E-state index >= 15 is 0 Å². The second-order valence-electron chi connectivity index (χ2n) is 29.0. The SMILES string of the molecule is CO[C@@H]1[C@H](OP(=O)(O)OC[C@H]2O[C@@H](n3cnc4c(=O)[nH]c(N)nc43)[C@H](OC)[C@@H]2OP(=O)(O)OC[C@H]2O[C@@H](n3ccc(N)nc3=O)[C@H](OC)[C@@H]2OP(=O)(O)OC[C@H]2O[C@@H](n3cnc4c(N)ncnc43)[C@H](OC)[C@@H]2OP(=O)(O)OC[C@H]2O[C@@H](n3ccc(N)nc3=O)[C@H](OC)[C@@H]2OP(=O)(O)OC[C@H]2O[C@@H](n3cnc4c(N)ncnc43)[C@H](OC)[C@@H]2O)[C@@H](CO)O[C@H]1n1ccc(N)nc1=O. The summed E-state index contributed by atoms with van der Waals surface area (Å²) >= 11 is 0. The number of aliphatic hydroxyl groups excluding tert-OH is 2. The first kappa shape index (κ1) is 95.5. The Bertz CT molecular complexity index is 6120. The minimum atomic E-state index is -5.87. The summed E-state index contributed by atoms with van der Waals surface area (Å²) in [4.78, 5) is 158. The number of aromatic amines is 1. The van der Waals surface area contributed by atoms with Crippen LogP contribution in [0.3, 0.4) is 0 Å². The molecule has 710 valence electrons. The summed E-state index contributed by atoms with van der Waals surface area (Å²) < 4.78 is 206. The number of hydrogen-bond donors (Lipinski definition) is 14. The van der Waals surface area contributed by atoms with Crippen molar-refractivity contribution in [2.45, 2.75) is 147 Å². The zero-order valence-electron chi connectivity index (χ0n) is 68.0. The number of phosphoric acid groups is 5. The number of fused-ring (bicyclic) bond motifs is 3. The van der Waals surface area contributed by atoms with Crippen molar-refractivity contribution in [3.05, 3.63) is 110 Å².